The first-order valence-corrected chi connectivity index (χ1v) is 3.89. The van der Waals surface area contributed by atoms with Gasteiger partial charge in [0.15, 0.2) is 0 Å². The van der Waals surface area contributed by atoms with E-state index >= 15 is 0 Å². The van der Waals surface area contributed by atoms with Gasteiger partial charge in [0.05, 0.1) is 0 Å². The Labute approximate surface area is 76.1 Å². The highest BCUT2D eigenvalue weighted by molar-refractivity contribution is 6.25. The molecule has 66 valence electrons. The molecule has 0 saturated heterocycles. The van der Waals surface area contributed by atoms with Crippen molar-refractivity contribution in [1.29, 1.82) is 0 Å². The van der Waals surface area contributed by atoms with Crippen LogP contribution in [0.5, 0.6) is 0 Å². The van der Waals surface area contributed by atoms with E-state index in [1.54, 1.807) is 6.08 Å². The molecule has 0 aromatic rings. The fourth-order valence-corrected chi connectivity index (χ4v) is 0.653. The van der Waals surface area contributed by atoms with Crippen LogP contribution >= 0.6 is 11.6 Å². The van der Waals surface area contributed by atoms with Crippen LogP contribution in [0.3, 0.4) is 0 Å². The minimum absolute atomic E-state index is 0.273. The molecule has 0 fully saturated rings. The third kappa shape index (κ3) is 7.02. The van der Waals surface area contributed by atoms with Crippen LogP contribution in [0.4, 0.5) is 0 Å². The first-order chi connectivity index (χ1) is 5.81. The Kier molecular flexibility index (Phi) is 7.28. The van der Waals surface area contributed by atoms with Crippen molar-refractivity contribution in [3.8, 4) is 0 Å². The lowest BCUT2D eigenvalue weighted by molar-refractivity contribution is -0.116. The monoisotopic (exact) mass is 187 g/mol. The van der Waals surface area contributed by atoms with Crippen LogP contribution in [-0.4, -0.2) is 18.7 Å². The van der Waals surface area contributed by atoms with Crippen molar-refractivity contribution >= 4 is 23.8 Å². The van der Waals surface area contributed by atoms with Gasteiger partial charge in [0.25, 0.3) is 0 Å². The maximum Gasteiger partial charge on any atom is 0.244 e. The molecule has 4 heteroatoms. The Morgan fingerprint density at radius 1 is 1.50 bits per heavy atom. The number of carbonyl (C=O) groups is 2. The van der Waals surface area contributed by atoms with E-state index in [0.29, 0.717) is 19.3 Å². The van der Waals surface area contributed by atoms with Gasteiger partial charge in [-0.2, -0.15) is 0 Å². The van der Waals surface area contributed by atoms with Gasteiger partial charge in [0.1, 0.15) is 6.29 Å². The SMILES string of the molecule is O=C/C=C/C(=O)NCC/C=C/Cl. The molecule has 0 rings (SSSR count). The van der Waals surface area contributed by atoms with Crippen molar-refractivity contribution in [2.45, 2.75) is 6.42 Å². The fraction of sp³-hybridized carbons (Fsp3) is 0.250. The molecule has 0 bridgehead atoms. The van der Waals surface area contributed by atoms with Gasteiger partial charge < -0.3 is 5.32 Å². The zero-order chi connectivity index (χ0) is 9.23. The molecule has 0 radical (unpaired) electrons. The Hall–Kier alpha value is -1.09. The average molecular weight is 188 g/mol. The number of hydrogen-bond donors (Lipinski definition) is 1. The van der Waals surface area contributed by atoms with E-state index in [2.05, 4.69) is 5.32 Å². The third-order valence-electron chi connectivity index (χ3n) is 1.03. The minimum Gasteiger partial charge on any atom is -0.352 e. The number of nitrogens with one attached hydrogen (secondary N) is 1. The maximum absolute atomic E-state index is 10.8. The smallest absolute Gasteiger partial charge is 0.244 e. The number of carbonyl (C=O) groups excluding carboxylic acids is 2. The predicted octanol–water partition coefficient (Wildman–Crippen LogP) is 1.00. The molecule has 0 atom stereocenters. The molecule has 0 aliphatic rings. The summed E-state index contributed by atoms with van der Waals surface area (Å²) >= 11 is 5.25. The molecule has 0 aliphatic carbocycles. The zero-order valence-electron chi connectivity index (χ0n) is 6.50. The predicted molar refractivity (Wildman–Crippen MR) is 47.8 cm³/mol. The van der Waals surface area contributed by atoms with Gasteiger partial charge in [0, 0.05) is 18.2 Å². The van der Waals surface area contributed by atoms with E-state index in [1.807, 2.05) is 0 Å². The lowest BCUT2D eigenvalue weighted by atomic mass is 10.4. The van der Waals surface area contributed by atoms with Crippen molar-refractivity contribution < 1.29 is 9.59 Å². The van der Waals surface area contributed by atoms with Crippen LogP contribution in [0.2, 0.25) is 0 Å². The molecule has 0 saturated carbocycles. The summed E-state index contributed by atoms with van der Waals surface area (Å²) in [4.78, 5) is 20.5. The van der Waals surface area contributed by atoms with Crippen LogP contribution in [0, 0.1) is 0 Å². The highest BCUT2D eigenvalue weighted by Crippen LogP contribution is 1.83. The Bertz CT molecular complexity index is 199. The lowest BCUT2D eigenvalue weighted by Gasteiger charge is -1.96. The largest absolute Gasteiger partial charge is 0.352 e. The van der Waals surface area contributed by atoms with E-state index in [9.17, 15) is 9.59 Å². The summed E-state index contributed by atoms with van der Waals surface area (Å²) in [6, 6.07) is 0. The molecule has 3 nitrogen and oxygen atoms in total. The van der Waals surface area contributed by atoms with Crippen molar-refractivity contribution in [3.05, 3.63) is 23.8 Å². The molecule has 0 unspecified atom stereocenters. The highest BCUT2D eigenvalue weighted by atomic mass is 35.5. The fourth-order valence-electron chi connectivity index (χ4n) is 0.527. The van der Waals surface area contributed by atoms with Crippen LogP contribution in [0.25, 0.3) is 0 Å². The average Bonchev–Trinajstić information content (AvgIpc) is 2.09. The Balaban J connectivity index is 3.44. The first kappa shape index (κ1) is 10.9. The number of allylic oxidation sites excluding steroid dienone is 1. The normalized spacial score (nSPS) is 10.8. The van der Waals surface area contributed by atoms with Gasteiger partial charge in [0.2, 0.25) is 5.91 Å². The first-order valence-electron chi connectivity index (χ1n) is 3.46. The van der Waals surface area contributed by atoms with E-state index in [-0.39, 0.29) is 5.91 Å². The number of halogens is 1. The number of hydrogen-bond acceptors (Lipinski definition) is 2. The van der Waals surface area contributed by atoms with Crippen LogP contribution in [0.1, 0.15) is 6.42 Å². The summed E-state index contributed by atoms with van der Waals surface area (Å²) < 4.78 is 0. The van der Waals surface area contributed by atoms with Crippen LogP contribution < -0.4 is 5.32 Å². The summed E-state index contributed by atoms with van der Waals surface area (Å²) in [5, 5.41) is 2.56. The van der Waals surface area contributed by atoms with Crippen LogP contribution in [-0.2, 0) is 9.59 Å². The Morgan fingerprint density at radius 3 is 2.83 bits per heavy atom. The van der Waals surface area contributed by atoms with E-state index < -0.39 is 0 Å². The van der Waals surface area contributed by atoms with E-state index in [1.165, 1.54) is 11.6 Å². The second-order valence-electron chi connectivity index (χ2n) is 1.94. The standard InChI is InChI=1S/C8H10ClNO2/c9-5-1-2-6-10-8(12)4-3-7-11/h1,3-5,7H,2,6H2,(H,10,12)/b4-3+,5-1+. The quantitative estimate of drug-likeness (QED) is 0.397. The second kappa shape index (κ2) is 8.01. The third-order valence-corrected chi connectivity index (χ3v) is 1.20. The zero-order valence-corrected chi connectivity index (χ0v) is 7.25. The van der Waals surface area contributed by atoms with E-state index in [4.69, 9.17) is 11.6 Å². The van der Waals surface area contributed by atoms with Gasteiger partial charge >= 0.3 is 0 Å². The van der Waals surface area contributed by atoms with Crippen molar-refractivity contribution in [3.63, 3.8) is 0 Å². The Morgan fingerprint density at radius 2 is 2.25 bits per heavy atom. The maximum atomic E-state index is 10.8. The minimum atomic E-state index is -0.273. The molecule has 0 heterocycles. The molecular formula is C8H10ClNO2. The summed E-state index contributed by atoms with van der Waals surface area (Å²) in [6.07, 6.45) is 5.29. The molecule has 12 heavy (non-hydrogen) atoms. The summed E-state index contributed by atoms with van der Waals surface area (Å²) in [5.74, 6) is -0.273. The van der Waals surface area contributed by atoms with Crippen LogP contribution in [0.15, 0.2) is 23.8 Å². The van der Waals surface area contributed by atoms with Gasteiger partial charge in [-0.1, -0.05) is 17.7 Å². The van der Waals surface area contributed by atoms with Crippen molar-refractivity contribution in [2.24, 2.45) is 0 Å². The van der Waals surface area contributed by atoms with Crippen molar-refractivity contribution in [1.82, 2.24) is 5.32 Å². The lowest BCUT2D eigenvalue weighted by Crippen LogP contribution is -2.21. The highest BCUT2D eigenvalue weighted by Gasteiger charge is 1.90. The summed E-state index contributed by atoms with van der Waals surface area (Å²) in [7, 11) is 0. The van der Waals surface area contributed by atoms with Gasteiger partial charge in [-0.25, -0.2) is 0 Å². The number of amides is 1. The van der Waals surface area contributed by atoms with Gasteiger partial charge in [-0.05, 0) is 12.5 Å². The summed E-state index contributed by atoms with van der Waals surface area (Å²) in [6.45, 7) is 0.519. The molecule has 0 aromatic heterocycles. The second-order valence-corrected chi connectivity index (χ2v) is 2.19. The summed E-state index contributed by atoms with van der Waals surface area (Å²) in [5.41, 5.74) is 1.40. The molecule has 0 spiro atoms. The topological polar surface area (TPSA) is 46.2 Å². The molecular weight excluding hydrogens is 178 g/mol. The van der Waals surface area contributed by atoms with Crippen molar-refractivity contribution in [2.75, 3.05) is 6.54 Å². The van der Waals surface area contributed by atoms with E-state index in [0.717, 1.165) is 6.08 Å². The van der Waals surface area contributed by atoms with Gasteiger partial charge in [-0.15, -0.1) is 0 Å². The number of aldehydes is 1. The number of rotatable bonds is 5. The molecule has 1 amide bonds. The molecule has 1 N–H and O–H groups in total. The molecule has 0 aromatic carbocycles. The molecule has 0 aliphatic heterocycles. The van der Waals surface area contributed by atoms with Gasteiger partial charge in [-0.3, -0.25) is 9.59 Å².